The minimum Gasteiger partial charge on any atom is -0.361 e. The lowest BCUT2D eigenvalue weighted by Gasteiger charge is -2.38. The topological polar surface area (TPSA) is 21.3 Å². The number of ether oxygens (including phenoxy) is 1. The number of rotatable bonds is 2. The summed E-state index contributed by atoms with van der Waals surface area (Å²) in [4.78, 5) is 0. The SMILES string of the molecule is CC(C)CC1(C)NCC(C)CO1. The fourth-order valence-corrected chi connectivity index (χ4v) is 1.74. The van der Waals surface area contributed by atoms with Gasteiger partial charge in [-0.25, -0.2) is 0 Å². The largest absolute Gasteiger partial charge is 0.361 e. The van der Waals surface area contributed by atoms with E-state index >= 15 is 0 Å². The third-order valence-corrected chi connectivity index (χ3v) is 2.31. The molecule has 0 amide bonds. The van der Waals surface area contributed by atoms with Crippen LogP contribution in [0.15, 0.2) is 0 Å². The van der Waals surface area contributed by atoms with Crippen LogP contribution in [-0.4, -0.2) is 18.9 Å². The lowest BCUT2D eigenvalue weighted by atomic mass is 9.99. The molecule has 0 aromatic carbocycles. The van der Waals surface area contributed by atoms with Gasteiger partial charge < -0.3 is 4.74 Å². The van der Waals surface area contributed by atoms with E-state index in [0.717, 1.165) is 19.6 Å². The predicted molar refractivity (Wildman–Crippen MR) is 51.0 cm³/mol. The Hall–Kier alpha value is -0.0800. The average molecular weight is 171 g/mol. The first-order chi connectivity index (χ1) is 5.52. The van der Waals surface area contributed by atoms with Gasteiger partial charge in [-0.2, -0.15) is 0 Å². The Labute approximate surface area is 75.7 Å². The summed E-state index contributed by atoms with van der Waals surface area (Å²) in [6.45, 7) is 10.8. The molecule has 1 N–H and O–H groups in total. The van der Waals surface area contributed by atoms with Crippen molar-refractivity contribution in [2.45, 2.75) is 39.8 Å². The zero-order valence-corrected chi connectivity index (χ0v) is 8.68. The fraction of sp³-hybridized carbons (Fsp3) is 1.00. The highest BCUT2D eigenvalue weighted by Gasteiger charge is 2.30. The standard InChI is InChI=1S/C10H21NO/c1-8(2)5-10(4)11-6-9(3)7-12-10/h8-9,11H,5-7H2,1-4H3. The predicted octanol–water partition coefficient (Wildman–Crippen LogP) is 2.00. The molecular weight excluding hydrogens is 150 g/mol. The van der Waals surface area contributed by atoms with E-state index in [2.05, 4.69) is 33.0 Å². The minimum absolute atomic E-state index is 0.0688. The van der Waals surface area contributed by atoms with Gasteiger partial charge in [-0.15, -0.1) is 0 Å². The van der Waals surface area contributed by atoms with Gasteiger partial charge >= 0.3 is 0 Å². The molecule has 1 heterocycles. The third-order valence-electron chi connectivity index (χ3n) is 2.31. The maximum Gasteiger partial charge on any atom is 0.116 e. The van der Waals surface area contributed by atoms with Gasteiger partial charge in [0.2, 0.25) is 0 Å². The Morgan fingerprint density at radius 2 is 2.25 bits per heavy atom. The van der Waals surface area contributed by atoms with Crippen LogP contribution in [0.5, 0.6) is 0 Å². The molecule has 1 aliphatic rings. The van der Waals surface area contributed by atoms with Crippen molar-refractivity contribution >= 4 is 0 Å². The van der Waals surface area contributed by atoms with E-state index in [-0.39, 0.29) is 5.72 Å². The van der Waals surface area contributed by atoms with Gasteiger partial charge in [0.05, 0.1) is 6.61 Å². The van der Waals surface area contributed by atoms with Crippen molar-refractivity contribution in [3.8, 4) is 0 Å². The molecule has 1 saturated heterocycles. The molecule has 2 atom stereocenters. The van der Waals surface area contributed by atoms with E-state index in [0.29, 0.717) is 11.8 Å². The molecule has 1 rings (SSSR count). The molecule has 1 fully saturated rings. The van der Waals surface area contributed by atoms with Gasteiger partial charge in [-0.3, -0.25) is 5.32 Å². The molecule has 0 aromatic heterocycles. The number of hydrogen-bond donors (Lipinski definition) is 1. The van der Waals surface area contributed by atoms with Crippen LogP contribution < -0.4 is 5.32 Å². The van der Waals surface area contributed by atoms with Crippen LogP contribution in [0.4, 0.5) is 0 Å². The lowest BCUT2D eigenvalue weighted by molar-refractivity contribution is -0.111. The lowest BCUT2D eigenvalue weighted by Crippen LogP contribution is -2.52. The average Bonchev–Trinajstić information content (AvgIpc) is 1.94. The van der Waals surface area contributed by atoms with Crippen LogP contribution >= 0.6 is 0 Å². The highest BCUT2D eigenvalue weighted by molar-refractivity contribution is 4.79. The summed E-state index contributed by atoms with van der Waals surface area (Å²) in [7, 11) is 0. The van der Waals surface area contributed by atoms with E-state index in [9.17, 15) is 0 Å². The van der Waals surface area contributed by atoms with Crippen molar-refractivity contribution in [1.82, 2.24) is 5.32 Å². The van der Waals surface area contributed by atoms with Gasteiger partial charge in [-0.05, 0) is 25.2 Å². The van der Waals surface area contributed by atoms with Crippen LogP contribution in [0.25, 0.3) is 0 Å². The summed E-state index contributed by atoms with van der Waals surface area (Å²) in [5.74, 6) is 1.35. The summed E-state index contributed by atoms with van der Waals surface area (Å²) >= 11 is 0. The molecule has 2 heteroatoms. The van der Waals surface area contributed by atoms with Crippen LogP contribution in [-0.2, 0) is 4.74 Å². The van der Waals surface area contributed by atoms with Crippen molar-refractivity contribution in [1.29, 1.82) is 0 Å². The Kier molecular flexibility index (Phi) is 3.13. The Balaban J connectivity index is 2.39. The van der Waals surface area contributed by atoms with Crippen molar-refractivity contribution in [2.24, 2.45) is 11.8 Å². The summed E-state index contributed by atoms with van der Waals surface area (Å²) in [5, 5.41) is 3.45. The zero-order valence-electron chi connectivity index (χ0n) is 8.68. The molecule has 0 aliphatic carbocycles. The van der Waals surface area contributed by atoms with Gasteiger partial charge in [0.15, 0.2) is 0 Å². The fourth-order valence-electron chi connectivity index (χ4n) is 1.74. The molecule has 72 valence electrons. The van der Waals surface area contributed by atoms with Gasteiger partial charge in [-0.1, -0.05) is 20.8 Å². The van der Waals surface area contributed by atoms with Crippen molar-refractivity contribution < 1.29 is 4.74 Å². The van der Waals surface area contributed by atoms with E-state index in [1.165, 1.54) is 0 Å². The molecule has 0 aromatic rings. The molecule has 0 saturated carbocycles. The first kappa shape index (κ1) is 10.0. The quantitative estimate of drug-likeness (QED) is 0.686. The second-order valence-corrected chi connectivity index (χ2v) is 4.63. The second-order valence-electron chi connectivity index (χ2n) is 4.63. The maximum absolute atomic E-state index is 5.78. The summed E-state index contributed by atoms with van der Waals surface area (Å²) in [5.41, 5.74) is -0.0688. The summed E-state index contributed by atoms with van der Waals surface area (Å²) < 4.78 is 5.78. The summed E-state index contributed by atoms with van der Waals surface area (Å²) in [6, 6.07) is 0. The van der Waals surface area contributed by atoms with Gasteiger partial charge in [0, 0.05) is 6.54 Å². The van der Waals surface area contributed by atoms with Crippen LogP contribution in [0, 0.1) is 11.8 Å². The van der Waals surface area contributed by atoms with E-state index in [4.69, 9.17) is 4.74 Å². The molecule has 12 heavy (non-hydrogen) atoms. The highest BCUT2D eigenvalue weighted by atomic mass is 16.5. The van der Waals surface area contributed by atoms with Gasteiger partial charge in [0.1, 0.15) is 5.72 Å². The summed E-state index contributed by atoms with van der Waals surface area (Å²) in [6.07, 6.45) is 1.10. The molecule has 0 spiro atoms. The Morgan fingerprint density at radius 1 is 1.58 bits per heavy atom. The first-order valence-corrected chi connectivity index (χ1v) is 4.91. The van der Waals surface area contributed by atoms with Crippen molar-refractivity contribution in [3.63, 3.8) is 0 Å². The molecule has 2 unspecified atom stereocenters. The Bertz CT molecular complexity index is 137. The minimum atomic E-state index is -0.0688. The normalized spacial score (nSPS) is 37.2. The second kappa shape index (κ2) is 3.75. The van der Waals surface area contributed by atoms with E-state index < -0.39 is 0 Å². The molecule has 0 radical (unpaired) electrons. The number of nitrogens with one attached hydrogen (secondary N) is 1. The number of hydrogen-bond acceptors (Lipinski definition) is 2. The molecule has 1 aliphatic heterocycles. The van der Waals surface area contributed by atoms with Crippen molar-refractivity contribution in [2.75, 3.05) is 13.2 Å². The van der Waals surface area contributed by atoms with Crippen LogP contribution in [0.3, 0.4) is 0 Å². The van der Waals surface area contributed by atoms with Crippen molar-refractivity contribution in [3.05, 3.63) is 0 Å². The van der Waals surface area contributed by atoms with Crippen LogP contribution in [0.1, 0.15) is 34.1 Å². The van der Waals surface area contributed by atoms with E-state index in [1.807, 2.05) is 0 Å². The van der Waals surface area contributed by atoms with E-state index in [1.54, 1.807) is 0 Å². The third kappa shape index (κ3) is 2.76. The molecule has 0 bridgehead atoms. The smallest absolute Gasteiger partial charge is 0.116 e. The zero-order chi connectivity index (χ0) is 9.19. The molecular formula is C10H21NO. The maximum atomic E-state index is 5.78. The molecule has 2 nitrogen and oxygen atoms in total. The first-order valence-electron chi connectivity index (χ1n) is 4.91. The van der Waals surface area contributed by atoms with Gasteiger partial charge in [0.25, 0.3) is 0 Å². The highest BCUT2D eigenvalue weighted by Crippen LogP contribution is 2.22. The van der Waals surface area contributed by atoms with Crippen LogP contribution in [0.2, 0.25) is 0 Å². The Morgan fingerprint density at radius 3 is 2.67 bits per heavy atom. The monoisotopic (exact) mass is 171 g/mol.